The number of carbonyl (C=O) groups excluding carboxylic acids is 1. The molecule has 1 saturated heterocycles. The molecular formula is C10H20N2O2. The summed E-state index contributed by atoms with van der Waals surface area (Å²) in [7, 11) is 0. The Hall–Kier alpha value is -0.610. The second-order valence-electron chi connectivity index (χ2n) is 4.08. The first kappa shape index (κ1) is 11.5. The van der Waals surface area contributed by atoms with Crippen LogP contribution in [0.4, 0.5) is 0 Å². The van der Waals surface area contributed by atoms with Gasteiger partial charge in [0.15, 0.2) is 0 Å². The maximum atomic E-state index is 11.7. The second kappa shape index (κ2) is 5.32. The Labute approximate surface area is 85.1 Å². The molecule has 1 fully saturated rings. The third-order valence-corrected chi connectivity index (χ3v) is 2.76. The molecule has 0 radical (unpaired) electrons. The highest BCUT2D eigenvalue weighted by Gasteiger charge is 2.22. The van der Waals surface area contributed by atoms with E-state index in [2.05, 4.69) is 10.6 Å². The first-order valence-electron chi connectivity index (χ1n) is 5.30. The van der Waals surface area contributed by atoms with E-state index in [1.807, 2.05) is 6.92 Å². The fraction of sp³-hybridized carbons (Fsp3) is 0.900. The van der Waals surface area contributed by atoms with Crippen molar-refractivity contribution in [2.24, 2.45) is 5.92 Å². The molecular weight excluding hydrogens is 180 g/mol. The van der Waals surface area contributed by atoms with E-state index in [0.717, 1.165) is 25.9 Å². The lowest BCUT2D eigenvalue weighted by molar-refractivity contribution is -0.126. The Morgan fingerprint density at radius 3 is 2.79 bits per heavy atom. The number of amides is 1. The lowest BCUT2D eigenvalue weighted by Crippen LogP contribution is -2.46. The highest BCUT2D eigenvalue weighted by molar-refractivity contribution is 5.79. The summed E-state index contributed by atoms with van der Waals surface area (Å²) in [5.74, 6) is 0.135. The van der Waals surface area contributed by atoms with Gasteiger partial charge in [0, 0.05) is 6.54 Å². The summed E-state index contributed by atoms with van der Waals surface area (Å²) < 4.78 is 0. The molecule has 3 N–H and O–H groups in total. The van der Waals surface area contributed by atoms with Crippen LogP contribution < -0.4 is 10.6 Å². The van der Waals surface area contributed by atoms with Crippen molar-refractivity contribution in [2.45, 2.75) is 38.8 Å². The molecule has 1 heterocycles. The third kappa shape index (κ3) is 3.27. The van der Waals surface area contributed by atoms with E-state index in [0.29, 0.717) is 0 Å². The van der Waals surface area contributed by atoms with Crippen LogP contribution in [0.3, 0.4) is 0 Å². The molecule has 1 amide bonds. The minimum atomic E-state index is -0.490. The molecule has 14 heavy (non-hydrogen) atoms. The predicted octanol–water partition coefficient (Wildman–Crippen LogP) is -0.128. The SMILES string of the molecule is CC(O)C(C)NC(=O)C1CCCNC1. The summed E-state index contributed by atoms with van der Waals surface area (Å²) in [5, 5.41) is 15.3. The van der Waals surface area contributed by atoms with Crippen LogP contribution >= 0.6 is 0 Å². The molecule has 1 aliphatic rings. The van der Waals surface area contributed by atoms with Gasteiger partial charge in [-0.3, -0.25) is 4.79 Å². The molecule has 0 saturated carbocycles. The molecule has 1 rings (SSSR count). The quantitative estimate of drug-likeness (QED) is 0.595. The Kier molecular flexibility index (Phi) is 4.35. The molecule has 0 aromatic rings. The van der Waals surface area contributed by atoms with Gasteiger partial charge in [-0.15, -0.1) is 0 Å². The number of hydrogen-bond donors (Lipinski definition) is 3. The van der Waals surface area contributed by atoms with Crippen molar-refractivity contribution in [3.8, 4) is 0 Å². The molecule has 3 unspecified atom stereocenters. The van der Waals surface area contributed by atoms with Crippen molar-refractivity contribution >= 4 is 5.91 Å². The average Bonchev–Trinajstić information content (AvgIpc) is 2.19. The molecule has 82 valence electrons. The third-order valence-electron chi connectivity index (χ3n) is 2.76. The topological polar surface area (TPSA) is 61.4 Å². The van der Waals surface area contributed by atoms with Crippen LogP contribution in [0.2, 0.25) is 0 Å². The molecule has 0 aromatic carbocycles. The highest BCUT2D eigenvalue weighted by atomic mass is 16.3. The van der Waals surface area contributed by atoms with Crippen molar-refractivity contribution < 1.29 is 9.90 Å². The summed E-state index contributed by atoms with van der Waals surface area (Å²) in [6, 6.07) is -0.163. The summed E-state index contributed by atoms with van der Waals surface area (Å²) in [6.07, 6.45) is 1.52. The van der Waals surface area contributed by atoms with Crippen LogP contribution in [-0.2, 0) is 4.79 Å². The van der Waals surface area contributed by atoms with E-state index in [1.165, 1.54) is 0 Å². The Morgan fingerprint density at radius 1 is 1.57 bits per heavy atom. The molecule has 4 nitrogen and oxygen atoms in total. The van der Waals surface area contributed by atoms with Gasteiger partial charge in [0.2, 0.25) is 5.91 Å². The van der Waals surface area contributed by atoms with Crippen LogP contribution in [0, 0.1) is 5.92 Å². The maximum absolute atomic E-state index is 11.7. The fourth-order valence-electron chi connectivity index (χ4n) is 1.54. The standard InChI is InChI=1S/C10H20N2O2/c1-7(8(2)13)12-10(14)9-4-3-5-11-6-9/h7-9,11,13H,3-6H2,1-2H3,(H,12,14). The average molecular weight is 200 g/mol. The van der Waals surface area contributed by atoms with Crippen LogP contribution in [0.1, 0.15) is 26.7 Å². The predicted molar refractivity (Wildman–Crippen MR) is 54.9 cm³/mol. The van der Waals surface area contributed by atoms with E-state index in [4.69, 9.17) is 0 Å². The minimum absolute atomic E-state index is 0.0607. The lowest BCUT2D eigenvalue weighted by Gasteiger charge is -2.24. The fourth-order valence-corrected chi connectivity index (χ4v) is 1.54. The molecule has 0 aliphatic carbocycles. The Balaban J connectivity index is 2.33. The summed E-state index contributed by atoms with van der Waals surface area (Å²) in [6.45, 7) is 5.27. The maximum Gasteiger partial charge on any atom is 0.224 e. The molecule has 4 heteroatoms. The summed E-state index contributed by atoms with van der Waals surface area (Å²) >= 11 is 0. The molecule has 0 aromatic heterocycles. The number of carbonyl (C=O) groups is 1. The van der Waals surface area contributed by atoms with Crippen molar-refractivity contribution in [3.05, 3.63) is 0 Å². The van der Waals surface area contributed by atoms with Crippen molar-refractivity contribution in [2.75, 3.05) is 13.1 Å². The van der Waals surface area contributed by atoms with E-state index < -0.39 is 6.10 Å². The van der Waals surface area contributed by atoms with E-state index in [1.54, 1.807) is 6.92 Å². The van der Waals surface area contributed by atoms with E-state index in [-0.39, 0.29) is 17.9 Å². The Morgan fingerprint density at radius 2 is 2.29 bits per heavy atom. The van der Waals surface area contributed by atoms with Crippen LogP contribution in [0.5, 0.6) is 0 Å². The van der Waals surface area contributed by atoms with Crippen LogP contribution in [0.25, 0.3) is 0 Å². The number of rotatable bonds is 3. The number of aliphatic hydroxyl groups excluding tert-OH is 1. The summed E-state index contributed by atoms with van der Waals surface area (Å²) in [5.41, 5.74) is 0. The van der Waals surface area contributed by atoms with E-state index in [9.17, 15) is 9.90 Å². The number of nitrogens with one attached hydrogen (secondary N) is 2. The molecule has 0 bridgehead atoms. The van der Waals surface area contributed by atoms with Crippen molar-refractivity contribution in [1.29, 1.82) is 0 Å². The molecule has 3 atom stereocenters. The van der Waals surface area contributed by atoms with Crippen LogP contribution in [0.15, 0.2) is 0 Å². The van der Waals surface area contributed by atoms with Gasteiger partial charge in [-0.05, 0) is 33.2 Å². The lowest BCUT2D eigenvalue weighted by atomic mass is 9.98. The molecule has 1 aliphatic heterocycles. The van der Waals surface area contributed by atoms with Gasteiger partial charge in [0.25, 0.3) is 0 Å². The first-order chi connectivity index (χ1) is 6.61. The number of aliphatic hydroxyl groups is 1. The van der Waals surface area contributed by atoms with Gasteiger partial charge in [-0.1, -0.05) is 0 Å². The summed E-state index contributed by atoms with van der Waals surface area (Å²) in [4.78, 5) is 11.7. The van der Waals surface area contributed by atoms with Gasteiger partial charge in [0.05, 0.1) is 18.1 Å². The van der Waals surface area contributed by atoms with Crippen molar-refractivity contribution in [3.63, 3.8) is 0 Å². The van der Waals surface area contributed by atoms with Gasteiger partial charge < -0.3 is 15.7 Å². The van der Waals surface area contributed by atoms with Gasteiger partial charge in [0.1, 0.15) is 0 Å². The van der Waals surface area contributed by atoms with Gasteiger partial charge >= 0.3 is 0 Å². The van der Waals surface area contributed by atoms with Crippen LogP contribution in [-0.4, -0.2) is 36.2 Å². The largest absolute Gasteiger partial charge is 0.391 e. The number of piperidine rings is 1. The highest BCUT2D eigenvalue weighted by Crippen LogP contribution is 2.10. The second-order valence-corrected chi connectivity index (χ2v) is 4.08. The smallest absolute Gasteiger partial charge is 0.224 e. The molecule has 0 spiro atoms. The normalized spacial score (nSPS) is 26.6. The van der Waals surface area contributed by atoms with Gasteiger partial charge in [-0.25, -0.2) is 0 Å². The van der Waals surface area contributed by atoms with E-state index >= 15 is 0 Å². The van der Waals surface area contributed by atoms with Crippen molar-refractivity contribution in [1.82, 2.24) is 10.6 Å². The number of hydrogen-bond acceptors (Lipinski definition) is 3. The van der Waals surface area contributed by atoms with Gasteiger partial charge in [-0.2, -0.15) is 0 Å². The Bertz CT molecular complexity index is 189. The first-order valence-corrected chi connectivity index (χ1v) is 5.30. The zero-order valence-electron chi connectivity index (χ0n) is 8.92. The zero-order valence-corrected chi connectivity index (χ0v) is 8.92. The minimum Gasteiger partial charge on any atom is -0.391 e. The monoisotopic (exact) mass is 200 g/mol. The zero-order chi connectivity index (χ0) is 10.6.